The number of nitrogens with zero attached hydrogens (tertiary/aromatic N) is 2. The van der Waals surface area contributed by atoms with E-state index < -0.39 is 0 Å². The maximum atomic E-state index is 13.6. The van der Waals surface area contributed by atoms with Crippen molar-refractivity contribution in [2.75, 3.05) is 39.3 Å². The Morgan fingerprint density at radius 2 is 1.78 bits per heavy atom. The summed E-state index contributed by atoms with van der Waals surface area (Å²) in [5, 5.41) is 0. The number of amides is 1. The monoisotopic (exact) mass is 366 g/mol. The number of piperidine rings is 1. The van der Waals surface area contributed by atoms with Gasteiger partial charge in [0.25, 0.3) is 0 Å². The van der Waals surface area contributed by atoms with Crippen molar-refractivity contribution >= 4 is 11.6 Å². The van der Waals surface area contributed by atoms with E-state index in [0.29, 0.717) is 6.54 Å². The standard InChI is InChI=1S/C22H26N2O3/c1-23-12-10-22(11-13-23)18-6-4-5-7-19(18)24(21(22)25)15-16-8-9-17(26-2)14-20(16)27-3/h4-9,14H,10-13,15H2,1-3H3. The number of anilines is 1. The molecule has 5 heteroatoms. The molecule has 0 saturated carbocycles. The maximum Gasteiger partial charge on any atom is 0.238 e. The van der Waals surface area contributed by atoms with Crippen LogP contribution in [0.25, 0.3) is 0 Å². The molecule has 2 aromatic carbocycles. The minimum atomic E-state index is -0.386. The Morgan fingerprint density at radius 1 is 1.04 bits per heavy atom. The Kier molecular flexibility index (Phi) is 4.56. The first-order chi connectivity index (χ1) is 13.1. The van der Waals surface area contributed by atoms with Crippen molar-refractivity contribution in [3.05, 3.63) is 53.6 Å². The van der Waals surface area contributed by atoms with Gasteiger partial charge >= 0.3 is 0 Å². The van der Waals surface area contributed by atoms with Gasteiger partial charge in [-0.3, -0.25) is 4.79 Å². The smallest absolute Gasteiger partial charge is 0.238 e. The molecule has 1 amide bonds. The molecule has 5 nitrogen and oxygen atoms in total. The number of methoxy groups -OCH3 is 2. The van der Waals surface area contributed by atoms with Crippen molar-refractivity contribution < 1.29 is 14.3 Å². The summed E-state index contributed by atoms with van der Waals surface area (Å²) in [5.41, 5.74) is 2.80. The second-order valence-corrected chi connectivity index (χ2v) is 7.47. The molecule has 1 fully saturated rings. The van der Waals surface area contributed by atoms with Gasteiger partial charge in [-0.05, 0) is 56.7 Å². The zero-order valence-electron chi connectivity index (χ0n) is 16.2. The first kappa shape index (κ1) is 17.9. The van der Waals surface area contributed by atoms with E-state index in [1.54, 1.807) is 14.2 Å². The van der Waals surface area contributed by atoms with E-state index in [2.05, 4.69) is 24.1 Å². The summed E-state index contributed by atoms with van der Waals surface area (Å²) in [4.78, 5) is 17.9. The first-order valence-electron chi connectivity index (χ1n) is 9.40. The molecule has 1 saturated heterocycles. The van der Waals surface area contributed by atoms with Gasteiger partial charge in [-0.2, -0.15) is 0 Å². The number of para-hydroxylation sites is 1. The topological polar surface area (TPSA) is 42.0 Å². The van der Waals surface area contributed by atoms with Crippen molar-refractivity contribution in [3.63, 3.8) is 0 Å². The van der Waals surface area contributed by atoms with Crippen LogP contribution >= 0.6 is 0 Å². The zero-order chi connectivity index (χ0) is 19.0. The van der Waals surface area contributed by atoms with E-state index >= 15 is 0 Å². The quantitative estimate of drug-likeness (QED) is 0.833. The van der Waals surface area contributed by atoms with Crippen molar-refractivity contribution in [2.24, 2.45) is 0 Å². The third-order valence-electron chi connectivity index (χ3n) is 6.03. The number of carbonyl (C=O) groups excluding carboxylic acids is 1. The molecule has 2 aliphatic rings. The van der Waals surface area contributed by atoms with Crippen LogP contribution in [0.1, 0.15) is 24.0 Å². The van der Waals surface area contributed by atoms with Gasteiger partial charge in [0.1, 0.15) is 11.5 Å². The highest BCUT2D eigenvalue weighted by molar-refractivity contribution is 6.08. The molecule has 0 aromatic heterocycles. The van der Waals surface area contributed by atoms with Gasteiger partial charge in [0.15, 0.2) is 0 Å². The molecule has 0 unspecified atom stereocenters. The number of benzene rings is 2. The fourth-order valence-electron chi connectivity index (χ4n) is 4.39. The highest BCUT2D eigenvalue weighted by Gasteiger charge is 2.51. The summed E-state index contributed by atoms with van der Waals surface area (Å²) in [6, 6.07) is 14.0. The number of hydrogen-bond donors (Lipinski definition) is 0. The lowest BCUT2D eigenvalue weighted by molar-refractivity contribution is -0.124. The molecule has 0 radical (unpaired) electrons. The van der Waals surface area contributed by atoms with Gasteiger partial charge in [0.05, 0.1) is 26.2 Å². The van der Waals surface area contributed by atoms with Crippen molar-refractivity contribution in [1.82, 2.24) is 4.90 Å². The average molecular weight is 366 g/mol. The predicted molar refractivity (Wildman–Crippen MR) is 106 cm³/mol. The lowest BCUT2D eigenvalue weighted by Gasteiger charge is -2.37. The Bertz CT molecular complexity index is 856. The molecule has 1 spiro atoms. The van der Waals surface area contributed by atoms with Gasteiger partial charge in [-0.15, -0.1) is 0 Å². The molecule has 27 heavy (non-hydrogen) atoms. The van der Waals surface area contributed by atoms with Crippen LogP contribution in [-0.2, 0) is 16.8 Å². The summed E-state index contributed by atoms with van der Waals surface area (Å²) in [5.74, 6) is 1.70. The largest absolute Gasteiger partial charge is 0.497 e. The van der Waals surface area contributed by atoms with Crippen molar-refractivity contribution in [1.29, 1.82) is 0 Å². The molecule has 2 aliphatic heterocycles. The second-order valence-electron chi connectivity index (χ2n) is 7.47. The van der Waals surface area contributed by atoms with Crippen LogP contribution in [0.4, 0.5) is 5.69 Å². The SMILES string of the molecule is COc1ccc(CN2C(=O)C3(CCN(C)CC3)c3ccccc32)c(OC)c1. The number of hydrogen-bond acceptors (Lipinski definition) is 4. The fourth-order valence-corrected chi connectivity index (χ4v) is 4.39. The lowest BCUT2D eigenvalue weighted by Crippen LogP contribution is -2.47. The number of rotatable bonds is 4. The van der Waals surface area contributed by atoms with Crippen molar-refractivity contribution in [2.45, 2.75) is 24.8 Å². The van der Waals surface area contributed by atoms with E-state index in [9.17, 15) is 4.79 Å². The van der Waals surface area contributed by atoms with Gasteiger partial charge < -0.3 is 19.3 Å². The van der Waals surface area contributed by atoms with E-state index in [1.807, 2.05) is 35.2 Å². The average Bonchev–Trinajstić information content (AvgIpc) is 2.93. The molecule has 4 rings (SSSR count). The molecular weight excluding hydrogens is 340 g/mol. The summed E-state index contributed by atoms with van der Waals surface area (Å²) < 4.78 is 10.8. The van der Waals surface area contributed by atoms with Crippen LogP contribution in [0.5, 0.6) is 11.5 Å². The van der Waals surface area contributed by atoms with Gasteiger partial charge in [-0.25, -0.2) is 0 Å². The van der Waals surface area contributed by atoms with E-state index in [0.717, 1.165) is 48.7 Å². The molecule has 2 aromatic rings. The summed E-state index contributed by atoms with van der Waals surface area (Å²) in [7, 11) is 5.41. The second kappa shape index (κ2) is 6.89. The number of carbonyl (C=O) groups is 1. The van der Waals surface area contributed by atoms with Crippen LogP contribution in [0.15, 0.2) is 42.5 Å². The molecule has 0 bridgehead atoms. The summed E-state index contributed by atoms with van der Waals surface area (Å²) in [6.45, 7) is 2.39. The Morgan fingerprint density at radius 3 is 2.48 bits per heavy atom. The summed E-state index contributed by atoms with van der Waals surface area (Å²) in [6.07, 6.45) is 1.74. The van der Waals surface area contributed by atoms with Crippen LogP contribution in [0, 0.1) is 0 Å². The number of ether oxygens (including phenoxy) is 2. The van der Waals surface area contributed by atoms with E-state index in [-0.39, 0.29) is 11.3 Å². The van der Waals surface area contributed by atoms with Gasteiger partial charge in [0, 0.05) is 17.3 Å². The van der Waals surface area contributed by atoms with Crippen molar-refractivity contribution in [3.8, 4) is 11.5 Å². The summed E-state index contributed by atoms with van der Waals surface area (Å²) >= 11 is 0. The number of fused-ring (bicyclic) bond motifs is 2. The van der Waals surface area contributed by atoms with Crippen LogP contribution in [0.2, 0.25) is 0 Å². The number of likely N-dealkylation sites (tertiary alicyclic amines) is 1. The van der Waals surface area contributed by atoms with Gasteiger partial charge in [-0.1, -0.05) is 18.2 Å². The van der Waals surface area contributed by atoms with Crippen LogP contribution < -0.4 is 14.4 Å². The minimum Gasteiger partial charge on any atom is -0.497 e. The molecule has 142 valence electrons. The van der Waals surface area contributed by atoms with Crippen LogP contribution in [-0.4, -0.2) is 45.2 Å². The fraction of sp³-hybridized carbons (Fsp3) is 0.409. The van der Waals surface area contributed by atoms with E-state index in [4.69, 9.17) is 9.47 Å². The molecule has 2 heterocycles. The zero-order valence-corrected chi connectivity index (χ0v) is 16.2. The Labute approximate surface area is 160 Å². The highest BCUT2D eigenvalue weighted by Crippen LogP contribution is 2.48. The van der Waals surface area contributed by atoms with Gasteiger partial charge in [0.2, 0.25) is 5.91 Å². The van der Waals surface area contributed by atoms with Crippen LogP contribution in [0.3, 0.4) is 0 Å². The first-order valence-corrected chi connectivity index (χ1v) is 9.40. The third-order valence-corrected chi connectivity index (χ3v) is 6.03. The third kappa shape index (κ3) is 2.86. The lowest BCUT2D eigenvalue weighted by atomic mass is 9.74. The Hall–Kier alpha value is -2.53. The maximum absolute atomic E-state index is 13.6. The molecule has 0 atom stereocenters. The molecule has 0 aliphatic carbocycles. The minimum absolute atomic E-state index is 0.217. The predicted octanol–water partition coefficient (Wildman–Crippen LogP) is 3.21. The normalized spacial score (nSPS) is 18.6. The highest BCUT2D eigenvalue weighted by atomic mass is 16.5. The Balaban J connectivity index is 1.71. The molecule has 0 N–H and O–H groups in total. The van der Waals surface area contributed by atoms with E-state index in [1.165, 1.54) is 5.56 Å². The molecular formula is C22H26N2O3.